The van der Waals surface area contributed by atoms with Crippen LogP contribution in [0.4, 0.5) is 13.9 Å². The molecule has 0 aliphatic carbocycles. The van der Waals surface area contributed by atoms with Crippen molar-refractivity contribution in [1.29, 1.82) is 0 Å². The van der Waals surface area contributed by atoms with Gasteiger partial charge in [0.05, 0.1) is 29.6 Å². The Hall–Kier alpha value is -6.15. The highest BCUT2D eigenvalue weighted by Crippen LogP contribution is 2.41. The monoisotopic (exact) mass is 1070 g/mol. The van der Waals surface area contributed by atoms with Gasteiger partial charge in [-0.1, -0.05) is 157 Å². The second-order valence-corrected chi connectivity index (χ2v) is 18.9. The number of ether oxygens (including phenoxy) is 1. The minimum absolute atomic E-state index is 0. The second kappa shape index (κ2) is 21.4. The van der Waals surface area contributed by atoms with Gasteiger partial charge >= 0.3 is 12.6 Å². The number of fused-ring (bicyclic) bond motifs is 1. The van der Waals surface area contributed by atoms with Gasteiger partial charge in [-0.25, -0.2) is 9.78 Å². The molecule has 0 spiro atoms. The number of likely N-dealkylation sites (tertiary alicyclic amines) is 1. The first kappa shape index (κ1) is 48.3. The van der Waals surface area contributed by atoms with Gasteiger partial charge in [-0.05, 0) is 34.7 Å². The SMILES string of the molecule is CC(C1=C(C(=O)OC(c2ccccc2)c2ccccc2)N2C(=O)C(NC(=O)C(=NOC(F)F)c3csc(NC(c4ccccc4)(c4ccccc4)c4ccccc4)n3)[C@@H]2S(=O)C1)[NH+]1CCCC1.[I-]. The summed E-state index contributed by atoms with van der Waals surface area (Å²) in [6, 6.07) is 46.0. The molecule has 2 fully saturated rings. The number of hydrogen-bond donors (Lipinski definition) is 3. The van der Waals surface area contributed by atoms with Gasteiger partial charge in [0.1, 0.15) is 34.4 Å². The van der Waals surface area contributed by atoms with Crippen LogP contribution in [0.25, 0.3) is 0 Å². The van der Waals surface area contributed by atoms with E-state index in [0.717, 1.165) is 54.0 Å². The molecular weight excluding hydrogens is 1020 g/mol. The molecule has 5 aromatic carbocycles. The number of thiazole rings is 1. The van der Waals surface area contributed by atoms with E-state index >= 15 is 0 Å². The standard InChI is InChI=1S/C51H46F2N6O6S2.HI/c1-33(58-29-17-18-30-58)39-32-67(63)47-42(46(61)59(47)43(39)48(62)64-44(34-19-7-2-8-20-34)35-21-9-3-10-22-35)55-45(60)41(57-65-49(52)53)40-31-66-50(54-40)56-51(36-23-11-4-12-24-36,37-25-13-5-14-26-37)38-27-15-6-16-28-38;/h2-16,19-28,31,33,42,44,47,49H,17-18,29-30,32H2,1H3,(H,54,56)(H,55,60);1H/t33?,42?,47-,67?;/m0./s1. The number of nitrogens with zero attached hydrogens (tertiary/aromatic N) is 3. The van der Waals surface area contributed by atoms with E-state index < -0.39 is 64.0 Å². The molecule has 3 aliphatic rings. The van der Waals surface area contributed by atoms with E-state index in [1.165, 1.54) is 15.2 Å². The third-order valence-electron chi connectivity index (χ3n) is 12.5. The van der Waals surface area contributed by atoms with Crippen molar-refractivity contribution in [2.24, 2.45) is 5.16 Å². The van der Waals surface area contributed by atoms with Gasteiger partial charge in [0.25, 0.3) is 11.8 Å². The fraction of sp³-hybridized carbons (Fsp3) is 0.235. The molecular formula is C51H47F2IN6O6S2. The number of alkyl halides is 2. The molecule has 3 N–H and O–H groups in total. The van der Waals surface area contributed by atoms with Crippen LogP contribution in [0.2, 0.25) is 0 Å². The van der Waals surface area contributed by atoms with Crippen molar-refractivity contribution >= 4 is 50.8 Å². The Morgan fingerprint density at radius 1 is 0.824 bits per heavy atom. The lowest BCUT2D eigenvalue weighted by Gasteiger charge is -2.50. The largest absolute Gasteiger partial charge is 1.00 e. The summed E-state index contributed by atoms with van der Waals surface area (Å²) in [6.07, 6.45) is 1.14. The normalized spacial score (nSPS) is 18.9. The molecule has 0 saturated carbocycles. The molecule has 0 bridgehead atoms. The average Bonchev–Trinajstić information content (AvgIpc) is 4.08. The van der Waals surface area contributed by atoms with E-state index in [1.807, 2.05) is 159 Å². The maximum absolute atomic E-state index is 14.7. The number of β-lactam (4-membered cyclic amide) rings is 1. The molecule has 2 amide bonds. The molecule has 4 atom stereocenters. The van der Waals surface area contributed by atoms with Crippen LogP contribution in [0.5, 0.6) is 0 Å². The number of halogens is 3. The van der Waals surface area contributed by atoms with Gasteiger partial charge in [0.2, 0.25) is 0 Å². The number of carbonyl (C=O) groups excluding carboxylic acids is 3. The summed E-state index contributed by atoms with van der Waals surface area (Å²) < 4.78 is 47.9. The number of nitrogens with one attached hydrogen (secondary N) is 3. The minimum Gasteiger partial charge on any atom is -1.00 e. The molecule has 0 radical (unpaired) electrons. The summed E-state index contributed by atoms with van der Waals surface area (Å²) in [5.41, 5.74) is 2.79. The number of benzene rings is 5. The molecule has 12 nitrogen and oxygen atoms in total. The predicted molar refractivity (Wildman–Crippen MR) is 251 cm³/mol. The minimum atomic E-state index is -3.39. The molecule has 2 saturated heterocycles. The third kappa shape index (κ3) is 9.74. The number of hydrogen-bond acceptors (Lipinski definition) is 10. The number of aromatic nitrogens is 1. The van der Waals surface area contributed by atoms with Crippen molar-refractivity contribution in [2.75, 3.05) is 24.2 Å². The molecule has 17 heteroatoms. The fourth-order valence-corrected chi connectivity index (χ4v) is 11.8. The molecule has 3 aliphatic heterocycles. The van der Waals surface area contributed by atoms with Crippen LogP contribution >= 0.6 is 11.3 Å². The Kier molecular flexibility index (Phi) is 15.2. The van der Waals surface area contributed by atoms with Gasteiger partial charge in [-0.3, -0.25) is 18.7 Å². The maximum atomic E-state index is 14.7. The molecule has 6 aromatic rings. The number of esters is 1. The van der Waals surface area contributed by atoms with Gasteiger partial charge in [0.15, 0.2) is 16.9 Å². The summed E-state index contributed by atoms with van der Waals surface area (Å²) in [5, 5.41) is 10.3. The molecule has 9 rings (SSSR count). The van der Waals surface area contributed by atoms with Gasteiger partial charge in [0, 0.05) is 23.8 Å². The second-order valence-electron chi connectivity index (χ2n) is 16.5. The van der Waals surface area contributed by atoms with Crippen molar-refractivity contribution < 1.29 is 65.8 Å². The van der Waals surface area contributed by atoms with E-state index in [4.69, 9.17) is 4.74 Å². The Bertz CT molecular complexity index is 2670. The van der Waals surface area contributed by atoms with Crippen molar-refractivity contribution in [3.8, 4) is 0 Å². The predicted octanol–water partition coefficient (Wildman–Crippen LogP) is 3.56. The van der Waals surface area contributed by atoms with Gasteiger partial charge < -0.3 is 49.1 Å². The zero-order valence-corrected chi connectivity index (χ0v) is 40.5. The number of oxime groups is 1. The van der Waals surface area contributed by atoms with E-state index in [9.17, 15) is 27.4 Å². The molecule has 4 heterocycles. The number of rotatable bonds is 16. The third-order valence-corrected chi connectivity index (χ3v) is 14.9. The zero-order valence-electron chi connectivity index (χ0n) is 36.7. The quantitative estimate of drug-likeness (QED) is 0.0334. The number of amides is 2. The van der Waals surface area contributed by atoms with E-state index in [-0.39, 0.29) is 47.2 Å². The molecule has 3 unspecified atom stereocenters. The van der Waals surface area contributed by atoms with Crippen LogP contribution in [-0.2, 0) is 40.3 Å². The van der Waals surface area contributed by atoms with Crippen LogP contribution < -0.4 is 39.5 Å². The van der Waals surface area contributed by atoms with Crippen LogP contribution in [0, 0.1) is 0 Å². The van der Waals surface area contributed by atoms with E-state index in [2.05, 4.69) is 25.6 Å². The maximum Gasteiger partial charge on any atom is 0.407 e. The summed E-state index contributed by atoms with van der Waals surface area (Å²) in [4.78, 5) is 54.8. The van der Waals surface area contributed by atoms with Crippen LogP contribution in [0.15, 0.2) is 173 Å². The Morgan fingerprint density at radius 3 is 1.82 bits per heavy atom. The highest BCUT2D eigenvalue weighted by Gasteiger charge is 2.59. The topological polar surface area (TPSA) is 144 Å². The van der Waals surface area contributed by atoms with Crippen molar-refractivity contribution in [3.05, 3.63) is 202 Å². The van der Waals surface area contributed by atoms with Crippen molar-refractivity contribution in [3.63, 3.8) is 0 Å². The Labute approximate surface area is 415 Å². The summed E-state index contributed by atoms with van der Waals surface area (Å²) in [7, 11) is -1.80. The smallest absolute Gasteiger partial charge is 0.407 e. The highest BCUT2D eigenvalue weighted by molar-refractivity contribution is 7.86. The van der Waals surface area contributed by atoms with Gasteiger partial charge in [-0.2, -0.15) is 8.78 Å². The zero-order chi connectivity index (χ0) is 46.5. The highest BCUT2D eigenvalue weighted by atomic mass is 127. The lowest BCUT2D eigenvalue weighted by atomic mass is 9.77. The Balaban J connectivity index is 0.00000625. The van der Waals surface area contributed by atoms with Crippen LogP contribution in [0.3, 0.4) is 0 Å². The molecule has 1 aromatic heterocycles. The first-order valence-electron chi connectivity index (χ1n) is 22.0. The summed E-state index contributed by atoms with van der Waals surface area (Å²) >= 11 is 1.11. The van der Waals surface area contributed by atoms with E-state index in [0.29, 0.717) is 21.8 Å². The molecule has 68 heavy (non-hydrogen) atoms. The lowest BCUT2D eigenvalue weighted by molar-refractivity contribution is -0.905. The Morgan fingerprint density at radius 2 is 1.32 bits per heavy atom. The average molecular weight is 1070 g/mol. The van der Waals surface area contributed by atoms with Crippen LogP contribution in [-0.4, -0.2) is 80.5 Å². The first-order valence-corrected chi connectivity index (χ1v) is 24.2. The lowest BCUT2D eigenvalue weighted by Crippen LogP contribution is -3.14. The number of quaternary nitrogens is 1. The van der Waals surface area contributed by atoms with Crippen molar-refractivity contribution in [1.82, 2.24) is 15.2 Å². The van der Waals surface area contributed by atoms with Crippen molar-refractivity contribution in [2.45, 2.75) is 55.5 Å². The van der Waals surface area contributed by atoms with E-state index in [1.54, 1.807) is 0 Å². The first-order chi connectivity index (χ1) is 32.6. The van der Waals surface area contributed by atoms with Crippen LogP contribution in [0.1, 0.15) is 59.4 Å². The summed E-state index contributed by atoms with van der Waals surface area (Å²) in [6.45, 7) is 0.256. The fourth-order valence-electron chi connectivity index (χ4n) is 9.27. The summed E-state index contributed by atoms with van der Waals surface area (Å²) in [5.74, 6) is -2.62. The van der Waals surface area contributed by atoms with Gasteiger partial charge in [-0.15, -0.1) is 11.3 Å². The number of anilines is 1. The molecule has 350 valence electrons. The number of carbonyl (C=O) groups is 3.